The molecule has 108 valence electrons. The summed E-state index contributed by atoms with van der Waals surface area (Å²) in [6.07, 6.45) is 3.34. The first-order chi connectivity index (χ1) is 9.42. The van der Waals surface area contributed by atoms with Gasteiger partial charge in [-0.1, -0.05) is 0 Å². The maximum absolute atomic E-state index is 12.2. The monoisotopic (exact) mass is 296 g/mol. The van der Waals surface area contributed by atoms with Crippen LogP contribution in [0.4, 0.5) is 5.69 Å². The molecular formula is C12H16N4O3S. The third-order valence-electron chi connectivity index (χ3n) is 2.70. The van der Waals surface area contributed by atoms with Crippen molar-refractivity contribution in [1.82, 2.24) is 14.5 Å². The molecule has 8 heteroatoms. The summed E-state index contributed by atoms with van der Waals surface area (Å²) in [6, 6.07) is 4.40. The van der Waals surface area contributed by atoms with Crippen LogP contribution in [-0.4, -0.2) is 25.3 Å². The number of ether oxygens (including phenoxy) is 1. The summed E-state index contributed by atoms with van der Waals surface area (Å²) in [4.78, 5) is 0.0538. The summed E-state index contributed by atoms with van der Waals surface area (Å²) in [7, 11) is -0.514. The molecule has 2 aromatic rings. The minimum absolute atomic E-state index is 0.0538. The van der Waals surface area contributed by atoms with Crippen molar-refractivity contribution in [3.8, 4) is 5.75 Å². The first kappa shape index (κ1) is 14.4. The average molecular weight is 296 g/mol. The lowest BCUT2D eigenvalue weighted by Crippen LogP contribution is -2.23. The number of rotatable bonds is 5. The number of methoxy groups -OCH3 is 1. The number of hydrogen-bond acceptors (Lipinski definition) is 5. The third-order valence-corrected chi connectivity index (χ3v) is 4.14. The minimum atomic E-state index is -3.68. The number of anilines is 1. The van der Waals surface area contributed by atoms with Crippen LogP contribution in [0.1, 0.15) is 5.56 Å². The number of sulfonamides is 1. The summed E-state index contributed by atoms with van der Waals surface area (Å²) in [6.45, 7) is 0.156. The Bertz CT molecular complexity index is 709. The molecule has 0 aliphatic carbocycles. The van der Waals surface area contributed by atoms with Gasteiger partial charge in [0.1, 0.15) is 10.6 Å². The Kier molecular flexibility index (Phi) is 3.96. The zero-order valence-corrected chi connectivity index (χ0v) is 12.0. The summed E-state index contributed by atoms with van der Waals surface area (Å²) in [5.74, 6) is 0.212. The van der Waals surface area contributed by atoms with E-state index in [0.29, 0.717) is 5.69 Å². The highest BCUT2D eigenvalue weighted by Crippen LogP contribution is 2.25. The zero-order valence-electron chi connectivity index (χ0n) is 11.2. The van der Waals surface area contributed by atoms with Crippen LogP contribution in [-0.2, 0) is 23.6 Å². The van der Waals surface area contributed by atoms with Gasteiger partial charge in [0.25, 0.3) is 0 Å². The van der Waals surface area contributed by atoms with Crippen LogP contribution in [0.15, 0.2) is 35.5 Å². The number of aryl methyl sites for hydroxylation is 1. The summed E-state index contributed by atoms with van der Waals surface area (Å²) < 4.78 is 33.6. The van der Waals surface area contributed by atoms with E-state index in [4.69, 9.17) is 10.5 Å². The highest BCUT2D eigenvalue weighted by Gasteiger charge is 2.19. The Labute approximate surface area is 117 Å². The number of aromatic nitrogens is 2. The van der Waals surface area contributed by atoms with Gasteiger partial charge in [0.15, 0.2) is 0 Å². The molecule has 3 N–H and O–H groups in total. The van der Waals surface area contributed by atoms with Crippen LogP contribution < -0.4 is 15.2 Å². The second-order valence-corrected chi connectivity index (χ2v) is 5.99. The standard InChI is InChI=1S/C12H16N4O3S/c1-16-8-9(6-14-16)7-15-20(17,18)12-4-3-10(13)5-11(12)19-2/h3-6,8,15H,7,13H2,1-2H3. The van der Waals surface area contributed by atoms with E-state index in [2.05, 4.69) is 9.82 Å². The van der Waals surface area contributed by atoms with Crippen molar-refractivity contribution in [3.05, 3.63) is 36.2 Å². The highest BCUT2D eigenvalue weighted by molar-refractivity contribution is 7.89. The van der Waals surface area contributed by atoms with Gasteiger partial charge in [-0.05, 0) is 12.1 Å². The third kappa shape index (κ3) is 3.09. The number of hydrogen-bond donors (Lipinski definition) is 2. The molecule has 1 aromatic carbocycles. The van der Waals surface area contributed by atoms with Gasteiger partial charge >= 0.3 is 0 Å². The van der Waals surface area contributed by atoms with Gasteiger partial charge in [-0.25, -0.2) is 13.1 Å². The van der Waals surface area contributed by atoms with Crippen molar-refractivity contribution in [2.45, 2.75) is 11.4 Å². The topological polar surface area (TPSA) is 99.2 Å². The van der Waals surface area contributed by atoms with Crippen molar-refractivity contribution in [2.24, 2.45) is 7.05 Å². The van der Waals surface area contributed by atoms with Gasteiger partial charge in [-0.2, -0.15) is 5.10 Å². The molecule has 1 aromatic heterocycles. The number of nitrogens with two attached hydrogens (primary N) is 1. The van der Waals surface area contributed by atoms with Gasteiger partial charge in [-0.15, -0.1) is 0 Å². The predicted octanol–water partition coefficient (Wildman–Crippen LogP) is 0.489. The molecule has 0 saturated carbocycles. The molecule has 0 unspecified atom stereocenters. The first-order valence-electron chi connectivity index (χ1n) is 5.83. The fourth-order valence-corrected chi connectivity index (χ4v) is 2.89. The van der Waals surface area contributed by atoms with Crippen molar-refractivity contribution >= 4 is 15.7 Å². The van der Waals surface area contributed by atoms with E-state index in [1.165, 1.54) is 25.3 Å². The molecule has 20 heavy (non-hydrogen) atoms. The Balaban J connectivity index is 2.22. The molecule has 0 saturated heterocycles. The van der Waals surface area contributed by atoms with Crippen LogP contribution >= 0.6 is 0 Å². The number of benzene rings is 1. The van der Waals surface area contributed by atoms with Crippen LogP contribution in [0.3, 0.4) is 0 Å². The van der Waals surface area contributed by atoms with Crippen LogP contribution in [0.2, 0.25) is 0 Å². The second kappa shape index (κ2) is 5.51. The quantitative estimate of drug-likeness (QED) is 0.782. The highest BCUT2D eigenvalue weighted by atomic mass is 32.2. The van der Waals surface area contributed by atoms with E-state index in [1.54, 1.807) is 24.1 Å². The van der Waals surface area contributed by atoms with E-state index in [-0.39, 0.29) is 17.2 Å². The molecule has 0 amide bonds. The lowest BCUT2D eigenvalue weighted by molar-refractivity contribution is 0.402. The molecule has 0 aliphatic heterocycles. The van der Waals surface area contributed by atoms with Crippen LogP contribution in [0.25, 0.3) is 0 Å². The van der Waals surface area contributed by atoms with Gasteiger partial charge in [0.05, 0.1) is 13.3 Å². The van der Waals surface area contributed by atoms with Gasteiger partial charge in [-0.3, -0.25) is 4.68 Å². The fourth-order valence-electron chi connectivity index (χ4n) is 1.73. The zero-order chi connectivity index (χ0) is 14.8. The molecular weight excluding hydrogens is 280 g/mol. The fraction of sp³-hybridized carbons (Fsp3) is 0.250. The Morgan fingerprint density at radius 1 is 1.45 bits per heavy atom. The van der Waals surface area contributed by atoms with E-state index in [9.17, 15) is 8.42 Å². The number of nitrogens with zero attached hydrogens (tertiary/aromatic N) is 2. The Hall–Kier alpha value is -2.06. The Morgan fingerprint density at radius 2 is 2.20 bits per heavy atom. The van der Waals surface area contributed by atoms with Crippen LogP contribution in [0, 0.1) is 0 Å². The van der Waals surface area contributed by atoms with Crippen molar-refractivity contribution in [2.75, 3.05) is 12.8 Å². The van der Waals surface area contributed by atoms with Crippen molar-refractivity contribution in [3.63, 3.8) is 0 Å². The maximum atomic E-state index is 12.2. The molecule has 0 fully saturated rings. The summed E-state index contributed by atoms with van der Waals surface area (Å²) >= 11 is 0. The molecule has 0 bridgehead atoms. The second-order valence-electron chi connectivity index (χ2n) is 4.26. The normalized spacial score (nSPS) is 11.5. The van der Waals surface area contributed by atoms with E-state index >= 15 is 0 Å². The molecule has 7 nitrogen and oxygen atoms in total. The van der Waals surface area contributed by atoms with Crippen molar-refractivity contribution < 1.29 is 13.2 Å². The van der Waals surface area contributed by atoms with Gasteiger partial charge < -0.3 is 10.5 Å². The smallest absolute Gasteiger partial charge is 0.244 e. The molecule has 0 aliphatic rings. The van der Waals surface area contributed by atoms with Crippen LogP contribution in [0.5, 0.6) is 5.75 Å². The molecule has 0 atom stereocenters. The van der Waals surface area contributed by atoms with Gasteiger partial charge in [0.2, 0.25) is 10.0 Å². The van der Waals surface area contributed by atoms with E-state index < -0.39 is 10.0 Å². The predicted molar refractivity (Wildman–Crippen MR) is 74.6 cm³/mol. The maximum Gasteiger partial charge on any atom is 0.244 e. The summed E-state index contributed by atoms with van der Waals surface area (Å²) in [5.41, 5.74) is 6.81. The van der Waals surface area contributed by atoms with Crippen molar-refractivity contribution in [1.29, 1.82) is 0 Å². The minimum Gasteiger partial charge on any atom is -0.495 e. The van der Waals surface area contributed by atoms with E-state index in [1.807, 2.05) is 0 Å². The van der Waals surface area contributed by atoms with Gasteiger partial charge in [0, 0.05) is 37.1 Å². The first-order valence-corrected chi connectivity index (χ1v) is 7.31. The average Bonchev–Trinajstić information content (AvgIpc) is 2.82. The number of nitrogen functional groups attached to an aromatic ring is 1. The molecule has 1 heterocycles. The Morgan fingerprint density at radius 3 is 2.80 bits per heavy atom. The number of nitrogens with one attached hydrogen (secondary N) is 1. The van der Waals surface area contributed by atoms with E-state index in [0.717, 1.165) is 5.56 Å². The molecule has 0 radical (unpaired) electrons. The molecule has 0 spiro atoms. The SMILES string of the molecule is COc1cc(N)ccc1S(=O)(=O)NCc1cnn(C)c1. The lowest BCUT2D eigenvalue weighted by atomic mass is 10.3. The summed E-state index contributed by atoms with van der Waals surface area (Å²) in [5, 5.41) is 3.98. The largest absolute Gasteiger partial charge is 0.495 e. The lowest BCUT2D eigenvalue weighted by Gasteiger charge is -2.10. The molecule has 2 rings (SSSR count).